The van der Waals surface area contributed by atoms with Crippen molar-refractivity contribution in [2.24, 2.45) is 0 Å². The van der Waals surface area contributed by atoms with Crippen molar-refractivity contribution in [1.29, 1.82) is 0 Å². The van der Waals surface area contributed by atoms with Crippen molar-refractivity contribution in [3.8, 4) is 5.75 Å². The van der Waals surface area contributed by atoms with Gasteiger partial charge in [-0.1, -0.05) is 11.6 Å². The fourth-order valence-electron chi connectivity index (χ4n) is 2.97. The third-order valence-electron chi connectivity index (χ3n) is 4.43. The predicted octanol–water partition coefficient (Wildman–Crippen LogP) is 1.55. The number of methoxy groups -OCH3 is 1. The summed E-state index contributed by atoms with van der Waals surface area (Å²) in [5, 5.41) is 0.452. The Morgan fingerprint density at radius 1 is 1.14 bits per heavy atom. The second kappa shape index (κ2) is 9.21. The molecule has 2 aromatic rings. The van der Waals surface area contributed by atoms with E-state index >= 15 is 0 Å². The Hall–Kier alpha value is -2.69. The molecule has 0 bridgehead atoms. The molecule has 1 aliphatic heterocycles. The zero-order valence-corrected chi connectivity index (χ0v) is 17.0. The maximum absolute atomic E-state index is 12.9. The number of carbonyl (C=O) groups excluding carboxylic acids is 2. The summed E-state index contributed by atoms with van der Waals surface area (Å²) in [6.45, 7) is 1.44. The van der Waals surface area contributed by atoms with E-state index in [0.29, 0.717) is 42.5 Å². The molecule has 9 nitrogen and oxygen atoms in total. The Morgan fingerprint density at radius 2 is 1.79 bits per heavy atom. The fraction of sp³-hybridized carbons (Fsp3) is 0.278. The van der Waals surface area contributed by atoms with Gasteiger partial charge in [0.2, 0.25) is 0 Å². The van der Waals surface area contributed by atoms with Crippen molar-refractivity contribution in [1.82, 2.24) is 14.8 Å². The van der Waals surface area contributed by atoms with Crippen LogP contribution in [0.5, 0.6) is 5.75 Å². The first kappa shape index (κ1) is 21.0. The summed E-state index contributed by atoms with van der Waals surface area (Å²) in [4.78, 5) is 32.7. The van der Waals surface area contributed by atoms with Crippen LogP contribution in [0.25, 0.3) is 0 Å². The van der Waals surface area contributed by atoms with Crippen LogP contribution in [0.2, 0.25) is 5.02 Å². The molecule has 0 aliphatic carbocycles. The Labute approximate surface area is 175 Å². The monoisotopic (exact) mass is 437 g/mol. The summed E-state index contributed by atoms with van der Waals surface area (Å²) in [5.41, 5.74) is 0.904. The molecule has 1 aliphatic rings. The third kappa shape index (κ3) is 5.03. The first-order valence-electron chi connectivity index (χ1n) is 8.63. The molecule has 0 spiro atoms. The molecule has 154 valence electrons. The molecule has 0 radical (unpaired) electrons. The van der Waals surface area contributed by atoms with Crippen LogP contribution in [0.1, 0.15) is 20.8 Å². The van der Waals surface area contributed by atoms with E-state index in [-0.39, 0.29) is 23.3 Å². The second-order valence-electron chi connectivity index (χ2n) is 6.20. The minimum atomic E-state index is -2.48. The Morgan fingerprint density at radius 3 is 2.34 bits per heavy atom. The molecule has 1 N–H and O–H groups in total. The fourth-order valence-corrected chi connectivity index (χ4v) is 3.41. The summed E-state index contributed by atoms with van der Waals surface area (Å²) in [5.74, 6) is -0.213. The lowest BCUT2D eigenvalue weighted by Gasteiger charge is -2.34. The highest BCUT2D eigenvalue weighted by atomic mass is 35.5. The number of nitrogens with zero attached hydrogens (tertiary/aromatic N) is 3. The molecule has 1 aromatic heterocycles. The van der Waals surface area contributed by atoms with Gasteiger partial charge in [-0.25, -0.2) is 4.98 Å². The quantitative estimate of drug-likeness (QED) is 0.709. The van der Waals surface area contributed by atoms with Gasteiger partial charge in [0, 0.05) is 55.4 Å². The maximum Gasteiger partial charge on any atom is 0.272 e. The number of pyridine rings is 1. The molecule has 1 unspecified atom stereocenters. The zero-order valence-electron chi connectivity index (χ0n) is 15.5. The van der Waals surface area contributed by atoms with E-state index in [9.17, 15) is 18.4 Å². The van der Waals surface area contributed by atoms with Gasteiger partial charge in [-0.3, -0.25) is 13.8 Å². The number of rotatable bonds is 5. The van der Waals surface area contributed by atoms with Gasteiger partial charge in [0.05, 0.1) is 17.7 Å². The molecule has 2 heterocycles. The number of halogens is 1. The lowest BCUT2D eigenvalue weighted by atomic mass is 10.1. The number of aromatic nitrogens is 1. The number of amides is 2. The molecular weight excluding hydrogens is 420 g/mol. The molecule has 1 atom stereocenters. The Bertz CT molecular complexity index is 932. The van der Waals surface area contributed by atoms with Crippen LogP contribution in [0, 0.1) is 0 Å². The summed E-state index contributed by atoms with van der Waals surface area (Å²) in [7, 11) is 1.40. The number of nitrogens with one attached hydrogen (secondary N) is 1. The van der Waals surface area contributed by atoms with Gasteiger partial charge in [-0.2, -0.15) is 0 Å². The van der Waals surface area contributed by atoms with Gasteiger partial charge >= 0.3 is 0 Å². The van der Waals surface area contributed by atoms with Gasteiger partial charge in [0.25, 0.3) is 11.8 Å². The van der Waals surface area contributed by atoms with Crippen LogP contribution >= 0.6 is 11.6 Å². The molecule has 29 heavy (non-hydrogen) atoms. The lowest BCUT2D eigenvalue weighted by molar-refractivity contribution is 0.0530. The average molecular weight is 438 g/mol. The highest BCUT2D eigenvalue weighted by Crippen LogP contribution is 2.25. The first-order chi connectivity index (χ1) is 13.9. The van der Waals surface area contributed by atoms with Gasteiger partial charge in [-0.05, 0) is 24.3 Å². The molecule has 1 saturated heterocycles. The highest BCUT2D eigenvalue weighted by molar-refractivity contribution is 7.80. The maximum atomic E-state index is 12.9. The summed E-state index contributed by atoms with van der Waals surface area (Å²) in [6, 6.07) is 7.60. The topological polar surface area (TPSA) is 115 Å². The first-order valence-corrected chi connectivity index (χ1v) is 10.1. The summed E-state index contributed by atoms with van der Waals surface area (Å²) in [6.07, 6.45) is 1.42. The van der Waals surface area contributed by atoms with Crippen LogP contribution in [-0.2, 0) is 11.3 Å². The van der Waals surface area contributed by atoms with E-state index in [1.54, 1.807) is 21.9 Å². The van der Waals surface area contributed by atoms with E-state index in [1.807, 2.05) is 0 Å². The van der Waals surface area contributed by atoms with E-state index < -0.39 is 11.3 Å². The van der Waals surface area contributed by atoms with E-state index in [4.69, 9.17) is 16.3 Å². The molecule has 11 heteroatoms. The molecule has 2 amide bonds. The van der Waals surface area contributed by atoms with Crippen molar-refractivity contribution in [2.75, 3.05) is 38.0 Å². The van der Waals surface area contributed by atoms with Crippen LogP contribution in [-0.4, -0.2) is 68.6 Å². The molecule has 0 saturated carbocycles. The number of ether oxygens (including phenoxy) is 1. The highest BCUT2D eigenvalue weighted by Gasteiger charge is 2.27. The van der Waals surface area contributed by atoms with Crippen molar-refractivity contribution in [2.45, 2.75) is 0 Å². The molecule has 1 fully saturated rings. The number of hydrogen-bond acceptors (Lipinski definition) is 6. The van der Waals surface area contributed by atoms with Crippen molar-refractivity contribution in [3.05, 3.63) is 52.8 Å². The van der Waals surface area contributed by atoms with Crippen molar-refractivity contribution in [3.63, 3.8) is 0 Å². The van der Waals surface area contributed by atoms with E-state index in [1.165, 1.54) is 31.5 Å². The standard InChI is InChI=1S/C18H19ClN4O5S/c1-28-16-10-13(21-29(26)27)3-4-14(16)17(24)22-6-8-23(9-7-22)18(25)15-5-2-12(19)11-20-15/h2-5,10-11,21H,6-9H2,1H3,(H,26,27)/p-1. The minimum absolute atomic E-state index is 0.215. The number of hydrogen-bond donors (Lipinski definition) is 1. The predicted molar refractivity (Wildman–Crippen MR) is 107 cm³/mol. The number of piperazine rings is 1. The Kier molecular flexibility index (Phi) is 6.68. The van der Waals surface area contributed by atoms with Gasteiger partial charge in [0.15, 0.2) is 0 Å². The Balaban J connectivity index is 1.66. The molecule has 1 aromatic carbocycles. The largest absolute Gasteiger partial charge is 0.755 e. The summed E-state index contributed by atoms with van der Waals surface area (Å²) >= 11 is 3.32. The number of carbonyl (C=O) groups is 2. The zero-order chi connectivity index (χ0) is 21.0. The third-order valence-corrected chi connectivity index (χ3v) is 5.06. The number of anilines is 1. The average Bonchev–Trinajstić information content (AvgIpc) is 2.73. The smallest absolute Gasteiger partial charge is 0.272 e. The van der Waals surface area contributed by atoms with Gasteiger partial charge in [0.1, 0.15) is 11.4 Å². The minimum Gasteiger partial charge on any atom is -0.755 e. The second-order valence-corrected chi connectivity index (χ2v) is 7.31. The lowest BCUT2D eigenvalue weighted by Crippen LogP contribution is -2.50. The molecule has 3 rings (SSSR count). The van der Waals surface area contributed by atoms with Crippen LogP contribution < -0.4 is 9.46 Å². The molecular formula is C18H18ClN4O5S-. The van der Waals surface area contributed by atoms with Crippen molar-refractivity contribution < 1.29 is 23.1 Å². The van der Waals surface area contributed by atoms with Crippen LogP contribution in [0.15, 0.2) is 36.5 Å². The normalized spacial score (nSPS) is 15.0. The SMILES string of the molecule is COc1cc(NS(=O)[O-])ccc1C(=O)N1CCN(C(=O)c2ccc(Cl)cn2)CC1. The van der Waals surface area contributed by atoms with Gasteiger partial charge in [-0.15, -0.1) is 0 Å². The van der Waals surface area contributed by atoms with Crippen LogP contribution in [0.4, 0.5) is 5.69 Å². The van der Waals surface area contributed by atoms with Crippen molar-refractivity contribution >= 4 is 40.4 Å². The summed E-state index contributed by atoms with van der Waals surface area (Å²) < 4.78 is 29.0. The van der Waals surface area contributed by atoms with E-state index in [0.717, 1.165) is 0 Å². The van der Waals surface area contributed by atoms with E-state index in [2.05, 4.69) is 9.71 Å². The van der Waals surface area contributed by atoms with Gasteiger partial charge < -0.3 is 23.8 Å². The van der Waals surface area contributed by atoms with Crippen LogP contribution in [0.3, 0.4) is 0 Å². The number of benzene rings is 1.